The Hall–Kier alpha value is -3.17. The maximum atomic E-state index is 12.5. The Bertz CT molecular complexity index is 1340. The van der Waals surface area contributed by atoms with Crippen molar-refractivity contribution in [2.45, 2.75) is 18.7 Å². The molecule has 9 heteroatoms. The minimum absolute atomic E-state index is 0.00909. The van der Waals surface area contributed by atoms with E-state index < -0.39 is 9.84 Å². The predicted molar refractivity (Wildman–Crippen MR) is 121 cm³/mol. The third-order valence-corrected chi connectivity index (χ3v) is 7.14. The highest BCUT2D eigenvalue weighted by Gasteiger charge is 2.15. The zero-order valence-corrected chi connectivity index (χ0v) is 18.5. The summed E-state index contributed by atoms with van der Waals surface area (Å²) in [5, 5.41) is 5.86. The van der Waals surface area contributed by atoms with Gasteiger partial charge < -0.3 is 9.15 Å². The van der Waals surface area contributed by atoms with Gasteiger partial charge in [-0.2, -0.15) is 0 Å². The summed E-state index contributed by atoms with van der Waals surface area (Å²) < 4.78 is 35.2. The highest BCUT2D eigenvalue weighted by molar-refractivity contribution is 7.91. The Morgan fingerprint density at radius 1 is 1.13 bits per heavy atom. The average molecular weight is 457 g/mol. The summed E-state index contributed by atoms with van der Waals surface area (Å²) in [6.45, 7) is 4.09. The number of hydrogen-bond donors (Lipinski definition) is 1. The Labute approximate surface area is 183 Å². The van der Waals surface area contributed by atoms with Crippen molar-refractivity contribution in [3.8, 4) is 17.2 Å². The van der Waals surface area contributed by atoms with Crippen molar-refractivity contribution in [3.63, 3.8) is 0 Å². The molecule has 0 saturated carbocycles. The van der Waals surface area contributed by atoms with Crippen molar-refractivity contribution < 1.29 is 22.4 Å². The Morgan fingerprint density at radius 2 is 1.90 bits per heavy atom. The van der Waals surface area contributed by atoms with Gasteiger partial charge in [0.15, 0.2) is 20.7 Å². The van der Waals surface area contributed by atoms with Crippen molar-refractivity contribution in [3.05, 3.63) is 59.5 Å². The van der Waals surface area contributed by atoms with Crippen LogP contribution in [0.3, 0.4) is 0 Å². The topological polar surface area (TPSA) is 98.5 Å². The minimum Gasteiger partial charge on any atom is -0.494 e. The van der Waals surface area contributed by atoms with Crippen molar-refractivity contribution >= 4 is 43.2 Å². The predicted octanol–water partition coefficient (Wildman–Crippen LogP) is 5.00. The van der Waals surface area contributed by atoms with Gasteiger partial charge in [0.05, 0.1) is 17.3 Å². The van der Waals surface area contributed by atoms with E-state index in [-0.39, 0.29) is 16.6 Å². The molecule has 2 aromatic heterocycles. The molecule has 0 spiro atoms. The summed E-state index contributed by atoms with van der Waals surface area (Å²) in [7, 11) is -3.30. The van der Waals surface area contributed by atoms with Gasteiger partial charge in [0, 0.05) is 16.3 Å². The second kappa shape index (κ2) is 8.52. The molecule has 0 unspecified atom stereocenters. The lowest BCUT2D eigenvalue weighted by atomic mass is 10.2. The van der Waals surface area contributed by atoms with Gasteiger partial charge in [-0.1, -0.05) is 6.92 Å². The molecule has 0 radical (unpaired) electrons. The van der Waals surface area contributed by atoms with Gasteiger partial charge in [-0.05, 0) is 55.5 Å². The smallest absolute Gasteiger partial charge is 0.257 e. The van der Waals surface area contributed by atoms with Gasteiger partial charge in [-0.3, -0.25) is 10.1 Å². The Morgan fingerprint density at radius 3 is 2.61 bits per heavy atom. The van der Waals surface area contributed by atoms with Gasteiger partial charge in [0.25, 0.3) is 5.91 Å². The van der Waals surface area contributed by atoms with Crippen molar-refractivity contribution in [1.29, 1.82) is 0 Å². The lowest BCUT2D eigenvalue weighted by Gasteiger charge is -2.04. The van der Waals surface area contributed by atoms with Gasteiger partial charge in [-0.25, -0.2) is 13.4 Å². The number of furan rings is 1. The van der Waals surface area contributed by atoms with E-state index in [4.69, 9.17) is 9.15 Å². The maximum Gasteiger partial charge on any atom is 0.257 e. The van der Waals surface area contributed by atoms with Crippen LogP contribution in [0, 0.1) is 0 Å². The number of benzene rings is 2. The summed E-state index contributed by atoms with van der Waals surface area (Å²) in [6.07, 6.45) is 0. The van der Waals surface area contributed by atoms with Crippen LogP contribution in [0.4, 0.5) is 5.13 Å². The molecule has 2 heterocycles. The number of carbonyl (C=O) groups excluding carboxylic acids is 1. The third kappa shape index (κ3) is 4.47. The number of thiazole rings is 1. The highest BCUT2D eigenvalue weighted by atomic mass is 32.2. The first-order valence-electron chi connectivity index (χ1n) is 9.66. The van der Waals surface area contributed by atoms with Gasteiger partial charge in [0.2, 0.25) is 0 Å². The van der Waals surface area contributed by atoms with Crippen LogP contribution in [-0.4, -0.2) is 31.7 Å². The Balaban J connectivity index is 1.50. The summed E-state index contributed by atoms with van der Waals surface area (Å²) in [4.78, 5) is 17.1. The fourth-order valence-electron chi connectivity index (χ4n) is 3.00. The second-order valence-corrected chi connectivity index (χ2v) is 9.80. The molecule has 0 aliphatic carbocycles. The Kier molecular flexibility index (Phi) is 5.79. The SMILES string of the molecule is CCOc1ccc2oc(-c3csc(NC(=O)c4ccc(S(=O)(=O)CC)cc4)n3)cc2c1. The molecular weight excluding hydrogens is 436 g/mol. The fraction of sp³-hybridized carbons (Fsp3) is 0.182. The van der Waals surface area contributed by atoms with E-state index in [0.29, 0.717) is 28.8 Å². The zero-order chi connectivity index (χ0) is 22.0. The van der Waals surface area contributed by atoms with Crippen LogP contribution >= 0.6 is 11.3 Å². The average Bonchev–Trinajstić information content (AvgIpc) is 3.40. The fourth-order valence-corrected chi connectivity index (χ4v) is 4.58. The lowest BCUT2D eigenvalue weighted by molar-refractivity contribution is 0.102. The number of aromatic nitrogens is 1. The van der Waals surface area contributed by atoms with Gasteiger partial charge in [0.1, 0.15) is 17.0 Å². The number of ether oxygens (including phenoxy) is 1. The number of nitrogens with zero attached hydrogens (tertiary/aromatic N) is 1. The van der Waals surface area contributed by atoms with Crippen LogP contribution in [0.1, 0.15) is 24.2 Å². The van der Waals surface area contributed by atoms with Crippen LogP contribution < -0.4 is 10.1 Å². The van der Waals surface area contributed by atoms with Gasteiger partial charge >= 0.3 is 0 Å². The molecule has 0 saturated heterocycles. The molecule has 1 amide bonds. The molecule has 0 atom stereocenters. The molecule has 0 aliphatic heterocycles. The third-order valence-electron chi connectivity index (χ3n) is 4.63. The largest absolute Gasteiger partial charge is 0.494 e. The van der Waals surface area contributed by atoms with E-state index in [1.807, 2.05) is 31.2 Å². The van der Waals surface area contributed by atoms with Crippen LogP contribution in [0.15, 0.2) is 63.2 Å². The summed E-state index contributed by atoms with van der Waals surface area (Å²) in [5.74, 6) is 1.00. The van der Waals surface area contributed by atoms with E-state index in [1.54, 1.807) is 12.3 Å². The van der Waals surface area contributed by atoms with Crippen molar-refractivity contribution in [2.75, 3.05) is 17.7 Å². The first-order valence-corrected chi connectivity index (χ1v) is 12.2. The monoisotopic (exact) mass is 456 g/mol. The quantitative estimate of drug-likeness (QED) is 0.420. The molecular formula is C22H20N2O5S2. The molecule has 0 bridgehead atoms. The number of anilines is 1. The first-order chi connectivity index (χ1) is 14.9. The molecule has 7 nitrogen and oxygen atoms in total. The number of carbonyl (C=O) groups is 1. The van der Waals surface area contributed by atoms with Crippen LogP contribution in [-0.2, 0) is 9.84 Å². The van der Waals surface area contributed by atoms with E-state index in [1.165, 1.54) is 35.6 Å². The van der Waals surface area contributed by atoms with Crippen LogP contribution in [0.25, 0.3) is 22.4 Å². The molecule has 0 fully saturated rings. The number of amides is 1. The summed E-state index contributed by atoms with van der Waals surface area (Å²) >= 11 is 1.28. The number of nitrogens with one attached hydrogen (secondary N) is 1. The van der Waals surface area contributed by atoms with Crippen LogP contribution in [0.5, 0.6) is 5.75 Å². The molecule has 31 heavy (non-hydrogen) atoms. The first kappa shape index (κ1) is 21.1. The van der Waals surface area contributed by atoms with Crippen molar-refractivity contribution in [1.82, 2.24) is 4.98 Å². The van der Waals surface area contributed by atoms with Gasteiger partial charge in [-0.15, -0.1) is 11.3 Å². The second-order valence-electron chi connectivity index (χ2n) is 6.66. The maximum absolute atomic E-state index is 12.5. The molecule has 4 aromatic rings. The standard InChI is InChI=1S/C22H20N2O5S2/c1-3-28-16-7-10-19-15(11-16)12-20(29-19)18-13-30-22(23-18)24-21(25)14-5-8-17(9-6-14)31(26,27)4-2/h5-13H,3-4H2,1-2H3,(H,23,24,25). The summed E-state index contributed by atoms with van der Waals surface area (Å²) in [5.41, 5.74) is 1.68. The van der Waals surface area contributed by atoms with Crippen LogP contribution in [0.2, 0.25) is 0 Å². The summed E-state index contributed by atoms with van der Waals surface area (Å²) in [6, 6.07) is 13.3. The van der Waals surface area contributed by atoms with E-state index in [9.17, 15) is 13.2 Å². The number of sulfone groups is 1. The molecule has 160 valence electrons. The van der Waals surface area contributed by atoms with E-state index >= 15 is 0 Å². The number of fused-ring (bicyclic) bond motifs is 1. The number of rotatable bonds is 7. The lowest BCUT2D eigenvalue weighted by Crippen LogP contribution is -2.12. The highest BCUT2D eigenvalue weighted by Crippen LogP contribution is 2.32. The van der Waals surface area contributed by atoms with E-state index in [2.05, 4.69) is 10.3 Å². The zero-order valence-electron chi connectivity index (χ0n) is 16.9. The normalized spacial score (nSPS) is 11.5. The van der Waals surface area contributed by atoms with E-state index in [0.717, 1.165) is 16.7 Å². The number of hydrogen-bond acceptors (Lipinski definition) is 7. The minimum atomic E-state index is -3.30. The van der Waals surface area contributed by atoms with Crippen molar-refractivity contribution in [2.24, 2.45) is 0 Å². The molecule has 0 aliphatic rings. The molecule has 4 rings (SSSR count). The molecule has 2 aromatic carbocycles. The molecule has 1 N–H and O–H groups in total.